The van der Waals surface area contributed by atoms with Crippen LogP contribution >= 0.6 is 0 Å². The van der Waals surface area contributed by atoms with Gasteiger partial charge >= 0.3 is 6.09 Å². The lowest BCUT2D eigenvalue weighted by atomic mass is 10.1. The van der Waals surface area contributed by atoms with Crippen LogP contribution in [0.2, 0.25) is 0 Å². The van der Waals surface area contributed by atoms with Gasteiger partial charge in [-0.3, -0.25) is 0 Å². The van der Waals surface area contributed by atoms with Crippen LogP contribution in [0.4, 0.5) is 22.2 Å². The van der Waals surface area contributed by atoms with E-state index in [1.54, 1.807) is 25.6 Å². The van der Waals surface area contributed by atoms with E-state index in [9.17, 15) is 9.90 Å². The first-order chi connectivity index (χ1) is 12.6. The molecule has 0 radical (unpaired) electrons. The van der Waals surface area contributed by atoms with Gasteiger partial charge in [0.2, 0.25) is 11.8 Å². The van der Waals surface area contributed by atoms with E-state index >= 15 is 0 Å². The van der Waals surface area contributed by atoms with Crippen molar-refractivity contribution < 1.29 is 14.6 Å². The average molecular weight is 358 g/mol. The minimum Gasteiger partial charge on any atom is -0.480 e. The number of anilines is 3. The molecule has 9 nitrogen and oxygen atoms in total. The zero-order valence-electron chi connectivity index (χ0n) is 14.8. The molecule has 1 amide bonds. The lowest BCUT2D eigenvalue weighted by Crippen LogP contribution is -2.44. The summed E-state index contributed by atoms with van der Waals surface area (Å²) in [5.41, 5.74) is 1.56. The molecule has 3 rings (SSSR count). The summed E-state index contributed by atoms with van der Waals surface area (Å²) in [4.78, 5) is 25.6. The van der Waals surface area contributed by atoms with Crippen molar-refractivity contribution in [3.05, 3.63) is 30.1 Å². The van der Waals surface area contributed by atoms with Gasteiger partial charge in [-0.05, 0) is 31.9 Å². The third-order valence-electron chi connectivity index (χ3n) is 4.22. The number of aryl methyl sites for hydroxylation is 1. The van der Waals surface area contributed by atoms with Gasteiger partial charge in [-0.15, -0.1) is 0 Å². The Balaban J connectivity index is 1.74. The van der Waals surface area contributed by atoms with Crippen molar-refractivity contribution >= 4 is 23.5 Å². The molecular weight excluding hydrogens is 336 g/mol. The lowest BCUT2D eigenvalue weighted by molar-refractivity contribution is 0.133. The smallest absolute Gasteiger partial charge is 0.407 e. The predicted molar refractivity (Wildman–Crippen MR) is 97.1 cm³/mol. The van der Waals surface area contributed by atoms with Gasteiger partial charge in [0.15, 0.2) is 0 Å². The summed E-state index contributed by atoms with van der Waals surface area (Å²) in [6.07, 6.45) is 4.20. The Labute approximate surface area is 151 Å². The second-order valence-corrected chi connectivity index (χ2v) is 6.12. The van der Waals surface area contributed by atoms with Crippen molar-refractivity contribution in [1.82, 2.24) is 19.9 Å². The number of nitrogens with one attached hydrogen (secondary N) is 2. The van der Waals surface area contributed by atoms with Crippen LogP contribution in [0.15, 0.2) is 24.5 Å². The third-order valence-corrected chi connectivity index (χ3v) is 4.22. The normalized spacial score (nSPS) is 16.8. The van der Waals surface area contributed by atoms with Gasteiger partial charge in [0.25, 0.3) is 0 Å². The number of carboxylic acid groups (broad SMARTS) is 1. The molecule has 1 fully saturated rings. The van der Waals surface area contributed by atoms with Gasteiger partial charge in [-0.25, -0.2) is 14.8 Å². The van der Waals surface area contributed by atoms with E-state index in [1.165, 1.54) is 4.90 Å². The highest BCUT2D eigenvalue weighted by molar-refractivity contribution is 5.65. The molecule has 1 unspecified atom stereocenters. The fourth-order valence-corrected chi connectivity index (χ4v) is 2.88. The number of likely N-dealkylation sites (tertiary alicyclic amines) is 1. The number of nitrogens with zero attached hydrogens (tertiary/aromatic N) is 4. The SMILES string of the molecule is COc1ncccc1Nc1ncc(C)c(NC2CCCN(C(=O)O)C2)n1. The second-order valence-electron chi connectivity index (χ2n) is 6.12. The predicted octanol–water partition coefficient (Wildman–Crippen LogP) is 2.49. The van der Waals surface area contributed by atoms with Crippen molar-refractivity contribution in [2.24, 2.45) is 0 Å². The second kappa shape index (κ2) is 7.85. The maximum atomic E-state index is 11.2. The highest BCUT2D eigenvalue weighted by atomic mass is 16.5. The Hall–Kier alpha value is -3.10. The Kier molecular flexibility index (Phi) is 5.35. The largest absolute Gasteiger partial charge is 0.480 e. The number of piperidine rings is 1. The molecule has 0 aliphatic carbocycles. The lowest BCUT2D eigenvalue weighted by Gasteiger charge is -2.31. The van der Waals surface area contributed by atoms with E-state index in [0.29, 0.717) is 36.4 Å². The number of aromatic nitrogens is 3. The van der Waals surface area contributed by atoms with Gasteiger partial charge in [0.1, 0.15) is 11.5 Å². The number of carbonyl (C=O) groups is 1. The molecular formula is C17H22N6O3. The molecule has 3 N–H and O–H groups in total. The molecule has 2 aromatic heterocycles. The molecule has 0 aromatic carbocycles. The highest BCUT2D eigenvalue weighted by Crippen LogP contribution is 2.24. The Morgan fingerprint density at radius 1 is 1.42 bits per heavy atom. The maximum Gasteiger partial charge on any atom is 0.407 e. The maximum absolute atomic E-state index is 11.2. The van der Waals surface area contributed by atoms with Crippen LogP contribution in [0, 0.1) is 6.92 Å². The van der Waals surface area contributed by atoms with Gasteiger partial charge in [0.05, 0.1) is 7.11 Å². The summed E-state index contributed by atoms with van der Waals surface area (Å²) in [5, 5.41) is 15.6. The molecule has 26 heavy (non-hydrogen) atoms. The highest BCUT2D eigenvalue weighted by Gasteiger charge is 2.23. The minimum atomic E-state index is -0.887. The van der Waals surface area contributed by atoms with Gasteiger partial charge in [0, 0.05) is 37.1 Å². The summed E-state index contributed by atoms with van der Waals surface area (Å²) in [6.45, 7) is 2.93. The van der Waals surface area contributed by atoms with Crippen molar-refractivity contribution in [2.75, 3.05) is 30.8 Å². The van der Waals surface area contributed by atoms with Crippen molar-refractivity contribution in [2.45, 2.75) is 25.8 Å². The number of rotatable bonds is 5. The van der Waals surface area contributed by atoms with Crippen LogP contribution in [-0.2, 0) is 0 Å². The summed E-state index contributed by atoms with van der Waals surface area (Å²) in [7, 11) is 1.55. The summed E-state index contributed by atoms with van der Waals surface area (Å²) < 4.78 is 5.22. The van der Waals surface area contributed by atoms with E-state index in [1.807, 2.05) is 13.0 Å². The first kappa shape index (κ1) is 17.7. The molecule has 1 aliphatic rings. The summed E-state index contributed by atoms with van der Waals surface area (Å²) in [5.74, 6) is 1.55. The summed E-state index contributed by atoms with van der Waals surface area (Å²) >= 11 is 0. The Bertz CT molecular complexity index is 785. The summed E-state index contributed by atoms with van der Waals surface area (Å²) in [6, 6.07) is 3.64. The molecule has 1 atom stereocenters. The zero-order valence-corrected chi connectivity index (χ0v) is 14.8. The molecule has 0 spiro atoms. The molecule has 1 aliphatic heterocycles. The molecule has 0 bridgehead atoms. The molecule has 0 saturated carbocycles. The Morgan fingerprint density at radius 3 is 3.04 bits per heavy atom. The van der Waals surface area contributed by atoms with Crippen molar-refractivity contribution in [3.8, 4) is 5.88 Å². The van der Waals surface area contributed by atoms with Crippen LogP contribution in [-0.4, -0.2) is 57.3 Å². The van der Waals surface area contributed by atoms with Crippen molar-refractivity contribution in [1.29, 1.82) is 0 Å². The first-order valence-corrected chi connectivity index (χ1v) is 8.41. The third kappa shape index (κ3) is 4.11. The standard InChI is InChI=1S/C17H22N6O3/c1-11-9-19-16(21-13-6-3-7-18-15(13)26-2)22-14(11)20-12-5-4-8-23(10-12)17(24)25/h3,6-7,9,12H,4-5,8,10H2,1-2H3,(H,24,25)(H2,19,20,21,22). The van der Waals surface area contributed by atoms with Crippen LogP contribution < -0.4 is 15.4 Å². The molecule has 1 saturated heterocycles. The number of pyridine rings is 1. The molecule has 2 aromatic rings. The number of ether oxygens (including phenoxy) is 1. The number of methoxy groups -OCH3 is 1. The molecule has 138 valence electrons. The first-order valence-electron chi connectivity index (χ1n) is 8.41. The topological polar surface area (TPSA) is 112 Å². The van der Waals surface area contributed by atoms with E-state index in [4.69, 9.17) is 4.74 Å². The zero-order chi connectivity index (χ0) is 18.5. The van der Waals surface area contributed by atoms with Gasteiger partial charge in [-0.2, -0.15) is 4.98 Å². The number of hydrogen-bond donors (Lipinski definition) is 3. The van der Waals surface area contributed by atoms with E-state index in [-0.39, 0.29) is 6.04 Å². The van der Waals surface area contributed by atoms with E-state index < -0.39 is 6.09 Å². The van der Waals surface area contributed by atoms with Gasteiger partial charge < -0.3 is 25.4 Å². The van der Waals surface area contributed by atoms with Crippen LogP contribution in [0.3, 0.4) is 0 Å². The fraction of sp³-hybridized carbons (Fsp3) is 0.412. The monoisotopic (exact) mass is 358 g/mol. The quantitative estimate of drug-likeness (QED) is 0.747. The number of amides is 1. The Morgan fingerprint density at radius 2 is 2.27 bits per heavy atom. The number of hydrogen-bond acceptors (Lipinski definition) is 7. The fourth-order valence-electron chi connectivity index (χ4n) is 2.88. The van der Waals surface area contributed by atoms with Gasteiger partial charge in [-0.1, -0.05) is 0 Å². The average Bonchev–Trinajstić information content (AvgIpc) is 2.65. The molecule has 3 heterocycles. The van der Waals surface area contributed by atoms with Crippen molar-refractivity contribution in [3.63, 3.8) is 0 Å². The molecule has 9 heteroatoms. The van der Waals surface area contributed by atoms with Crippen LogP contribution in [0.5, 0.6) is 5.88 Å². The van der Waals surface area contributed by atoms with E-state index in [2.05, 4.69) is 25.6 Å². The van der Waals surface area contributed by atoms with Crippen LogP contribution in [0.1, 0.15) is 18.4 Å². The van der Waals surface area contributed by atoms with E-state index in [0.717, 1.165) is 18.4 Å². The van der Waals surface area contributed by atoms with Crippen LogP contribution in [0.25, 0.3) is 0 Å². The minimum absolute atomic E-state index is 0.0224.